The predicted molar refractivity (Wildman–Crippen MR) is 116 cm³/mol. The van der Waals surface area contributed by atoms with E-state index in [1.807, 2.05) is 0 Å². The van der Waals surface area contributed by atoms with E-state index in [-0.39, 0.29) is 49.7 Å². The summed E-state index contributed by atoms with van der Waals surface area (Å²) in [7, 11) is 0. The molecule has 0 saturated carbocycles. The van der Waals surface area contributed by atoms with Crippen LogP contribution in [0.5, 0.6) is 0 Å². The van der Waals surface area contributed by atoms with E-state index in [2.05, 4.69) is 5.32 Å². The number of hydrogen-bond donors (Lipinski definition) is 2. The molecule has 3 atom stereocenters. The molecule has 3 aliphatic heterocycles. The van der Waals surface area contributed by atoms with Crippen molar-refractivity contribution in [3.05, 3.63) is 35.4 Å². The van der Waals surface area contributed by atoms with Gasteiger partial charge in [0, 0.05) is 44.6 Å². The Morgan fingerprint density at radius 2 is 1.76 bits per heavy atom. The van der Waals surface area contributed by atoms with Crippen molar-refractivity contribution in [2.24, 2.45) is 5.92 Å². The van der Waals surface area contributed by atoms with Crippen molar-refractivity contribution < 1.29 is 33.1 Å². The lowest BCUT2D eigenvalue weighted by molar-refractivity contribution is -0.146. The minimum Gasteiger partial charge on any atom is -0.465 e. The third-order valence-electron chi connectivity index (χ3n) is 7.14. The van der Waals surface area contributed by atoms with Crippen LogP contribution in [0.2, 0.25) is 0 Å². The van der Waals surface area contributed by atoms with Crippen LogP contribution in [0, 0.1) is 17.6 Å². The molecule has 9 nitrogen and oxygen atoms in total. The van der Waals surface area contributed by atoms with Gasteiger partial charge in [0.1, 0.15) is 6.04 Å². The van der Waals surface area contributed by atoms with Crippen molar-refractivity contribution in [2.45, 2.75) is 44.2 Å². The maximum Gasteiger partial charge on any atom is 0.407 e. The fourth-order valence-corrected chi connectivity index (χ4v) is 5.20. The summed E-state index contributed by atoms with van der Waals surface area (Å²) >= 11 is 0. The van der Waals surface area contributed by atoms with E-state index in [0.717, 1.165) is 12.1 Å². The second kappa shape index (κ2) is 9.55. The van der Waals surface area contributed by atoms with Crippen molar-refractivity contribution in [1.29, 1.82) is 0 Å². The van der Waals surface area contributed by atoms with Gasteiger partial charge in [-0.25, -0.2) is 13.6 Å². The topological polar surface area (TPSA) is 110 Å². The number of hydrogen-bond acceptors (Lipinski definition) is 4. The number of benzene rings is 1. The Morgan fingerprint density at radius 1 is 1.09 bits per heavy atom. The van der Waals surface area contributed by atoms with E-state index in [4.69, 9.17) is 0 Å². The Bertz CT molecular complexity index is 990. The number of carbonyl (C=O) groups is 4. The molecular weight excluding hydrogens is 450 g/mol. The second-order valence-electron chi connectivity index (χ2n) is 9.08. The predicted octanol–water partition coefficient (Wildman–Crippen LogP) is 1.39. The molecule has 0 bridgehead atoms. The molecule has 3 aliphatic rings. The molecule has 0 aliphatic carbocycles. The summed E-state index contributed by atoms with van der Waals surface area (Å²) in [4.78, 5) is 53.1. The number of likely N-dealkylation sites (tertiary alicyclic amines) is 2. The molecule has 184 valence electrons. The minimum absolute atomic E-state index is 0.124. The SMILES string of the molecule is CCN(C(=O)O)[C@@H]1CN(C(=O)C2CCN(C(=O)[C@@H]3CC(=O)N3)CC2)C[C@H]1c1ccc(F)c(F)c1. The molecule has 0 radical (unpaired) electrons. The van der Waals surface area contributed by atoms with E-state index >= 15 is 0 Å². The Kier molecular flexibility index (Phi) is 6.72. The van der Waals surface area contributed by atoms with Gasteiger partial charge in [0.2, 0.25) is 17.7 Å². The summed E-state index contributed by atoms with van der Waals surface area (Å²) in [6.45, 7) is 3.06. The summed E-state index contributed by atoms with van der Waals surface area (Å²) in [5, 5.41) is 12.2. The number of β-lactam (4-membered cyclic amide) rings is 1. The molecule has 34 heavy (non-hydrogen) atoms. The molecule has 4 rings (SSSR count). The zero-order valence-corrected chi connectivity index (χ0v) is 18.9. The third kappa shape index (κ3) is 4.55. The van der Waals surface area contributed by atoms with Crippen LogP contribution in [0.15, 0.2) is 18.2 Å². The number of piperidine rings is 1. The first-order valence-electron chi connectivity index (χ1n) is 11.5. The van der Waals surface area contributed by atoms with Crippen LogP contribution in [0.4, 0.5) is 13.6 Å². The Morgan fingerprint density at radius 3 is 2.32 bits per heavy atom. The minimum atomic E-state index is -1.13. The Labute approximate surface area is 195 Å². The van der Waals surface area contributed by atoms with E-state index in [0.29, 0.717) is 31.5 Å². The van der Waals surface area contributed by atoms with Gasteiger partial charge in [-0.15, -0.1) is 0 Å². The Hall–Kier alpha value is -3.24. The fourth-order valence-electron chi connectivity index (χ4n) is 5.20. The molecule has 4 amide bonds. The van der Waals surface area contributed by atoms with E-state index in [1.165, 1.54) is 11.0 Å². The highest BCUT2D eigenvalue weighted by Gasteiger charge is 2.43. The molecule has 3 fully saturated rings. The number of rotatable bonds is 5. The molecule has 0 unspecified atom stereocenters. The second-order valence-corrected chi connectivity index (χ2v) is 9.08. The highest BCUT2D eigenvalue weighted by Crippen LogP contribution is 2.34. The summed E-state index contributed by atoms with van der Waals surface area (Å²) in [5.41, 5.74) is 0.446. The highest BCUT2D eigenvalue weighted by molar-refractivity contribution is 5.97. The van der Waals surface area contributed by atoms with Crippen LogP contribution in [0.1, 0.15) is 37.7 Å². The van der Waals surface area contributed by atoms with Crippen LogP contribution in [0.25, 0.3) is 0 Å². The van der Waals surface area contributed by atoms with E-state index < -0.39 is 35.7 Å². The normalized spacial score (nSPS) is 25.0. The molecule has 3 saturated heterocycles. The molecule has 0 spiro atoms. The van der Waals surface area contributed by atoms with Crippen molar-refractivity contribution in [2.75, 3.05) is 32.7 Å². The van der Waals surface area contributed by atoms with Crippen molar-refractivity contribution in [1.82, 2.24) is 20.0 Å². The van der Waals surface area contributed by atoms with E-state index in [9.17, 15) is 33.1 Å². The third-order valence-corrected chi connectivity index (χ3v) is 7.14. The zero-order chi connectivity index (χ0) is 24.6. The first kappa shape index (κ1) is 23.9. The maximum absolute atomic E-state index is 13.9. The summed E-state index contributed by atoms with van der Waals surface area (Å²) < 4.78 is 27.4. The van der Waals surface area contributed by atoms with Gasteiger partial charge in [0.15, 0.2) is 11.6 Å². The van der Waals surface area contributed by atoms with Gasteiger partial charge in [0.05, 0.1) is 12.5 Å². The highest BCUT2D eigenvalue weighted by atomic mass is 19.2. The van der Waals surface area contributed by atoms with Crippen LogP contribution in [0.3, 0.4) is 0 Å². The zero-order valence-electron chi connectivity index (χ0n) is 18.9. The van der Waals surface area contributed by atoms with Crippen molar-refractivity contribution in [3.63, 3.8) is 0 Å². The lowest BCUT2D eigenvalue weighted by Gasteiger charge is -2.37. The fraction of sp³-hybridized carbons (Fsp3) is 0.565. The van der Waals surface area contributed by atoms with Gasteiger partial charge in [-0.1, -0.05) is 6.07 Å². The molecular formula is C23H28F2N4O5. The van der Waals surface area contributed by atoms with Crippen LogP contribution < -0.4 is 5.32 Å². The molecule has 2 N–H and O–H groups in total. The summed E-state index contributed by atoms with van der Waals surface area (Å²) in [5.74, 6) is -3.21. The van der Waals surface area contributed by atoms with Crippen molar-refractivity contribution in [3.8, 4) is 0 Å². The van der Waals surface area contributed by atoms with Crippen LogP contribution >= 0.6 is 0 Å². The van der Waals surface area contributed by atoms with Gasteiger partial charge in [-0.05, 0) is 37.5 Å². The lowest BCUT2D eigenvalue weighted by Crippen LogP contribution is -2.59. The van der Waals surface area contributed by atoms with E-state index in [1.54, 1.807) is 16.7 Å². The molecule has 1 aromatic carbocycles. The van der Waals surface area contributed by atoms with Gasteiger partial charge >= 0.3 is 6.09 Å². The smallest absolute Gasteiger partial charge is 0.407 e. The molecule has 0 aromatic heterocycles. The maximum atomic E-state index is 13.9. The Balaban J connectivity index is 1.44. The van der Waals surface area contributed by atoms with Crippen LogP contribution in [-0.4, -0.2) is 88.4 Å². The number of nitrogens with zero attached hydrogens (tertiary/aromatic N) is 3. The average Bonchev–Trinajstić information content (AvgIpc) is 3.23. The molecule has 11 heteroatoms. The number of halogens is 2. The van der Waals surface area contributed by atoms with Gasteiger partial charge in [-0.3, -0.25) is 14.4 Å². The first-order valence-corrected chi connectivity index (χ1v) is 11.5. The number of amides is 4. The van der Waals surface area contributed by atoms with Gasteiger partial charge in [0.25, 0.3) is 0 Å². The first-order chi connectivity index (χ1) is 16.2. The monoisotopic (exact) mass is 478 g/mol. The largest absolute Gasteiger partial charge is 0.465 e. The molecule has 1 aromatic rings. The van der Waals surface area contributed by atoms with Gasteiger partial charge < -0.3 is 25.1 Å². The number of nitrogens with one attached hydrogen (secondary N) is 1. The number of carboxylic acid groups (broad SMARTS) is 1. The lowest BCUT2D eigenvalue weighted by atomic mass is 9.93. The summed E-state index contributed by atoms with van der Waals surface area (Å²) in [6, 6.07) is 2.45. The number of likely N-dealkylation sites (N-methyl/N-ethyl adjacent to an activating group) is 1. The summed E-state index contributed by atoms with van der Waals surface area (Å²) in [6.07, 6.45) is -0.00290. The van der Waals surface area contributed by atoms with Crippen LogP contribution in [-0.2, 0) is 14.4 Å². The number of carbonyl (C=O) groups excluding carboxylic acids is 3. The molecule has 3 heterocycles. The quantitative estimate of drug-likeness (QED) is 0.622. The standard InChI is InChI=1S/C23H28F2N4O5/c1-2-29(23(33)34)19-12-28(11-15(19)14-3-4-16(24)17(25)9-14)21(31)13-5-7-27(8-6-13)22(32)18-10-20(30)26-18/h3-4,9,13,15,18-19H,2,5-8,10-12H2,1H3,(H,26,30)(H,33,34)/t15-,18-,19+/m0/s1. The average molecular weight is 478 g/mol. The van der Waals surface area contributed by atoms with Gasteiger partial charge in [-0.2, -0.15) is 0 Å². The van der Waals surface area contributed by atoms with Crippen molar-refractivity contribution >= 4 is 23.8 Å².